The number of nitrogens with one attached hydrogen (secondary N) is 1. The molecule has 0 saturated heterocycles. The second-order valence-corrected chi connectivity index (χ2v) is 6.61. The van der Waals surface area contributed by atoms with E-state index in [1.165, 1.54) is 12.2 Å². The fraction of sp³-hybridized carbons (Fsp3) is 0.857. The van der Waals surface area contributed by atoms with Crippen molar-refractivity contribution < 1.29 is 0 Å². The van der Waals surface area contributed by atoms with Crippen molar-refractivity contribution in [2.24, 2.45) is 0 Å². The third kappa shape index (κ3) is 6.72. The lowest BCUT2D eigenvalue weighted by Crippen LogP contribution is -2.32. The van der Waals surface area contributed by atoms with Gasteiger partial charge in [0.2, 0.25) is 0 Å². The molecular formula is C14H29N5S. The standard InChI is InChI=1S/C14H29N5S/c1-12(2)15-10-14-11-19(17-16-14)8-7-18(4)13(3)6-9-20-5/h11-13,15H,6-10H2,1-5H3. The van der Waals surface area contributed by atoms with E-state index in [-0.39, 0.29) is 0 Å². The lowest BCUT2D eigenvalue weighted by atomic mass is 10.2. The van der Waals surface area contributed by atoms with Gasteiger partial charge < -0.3 is 10.2 Å². The largest absolute Gasteiger partial charge is 0.309 e. The van der Waals surface area contributed by atoms with Crippen LogP contribution in [0, 0.1) is 0 Å². The summed E-state index contributed by atoms with van der Waals surface area (Å²) in [6, 6.07) is 1.09. The van der Waals surface area contributed by atoms with E-state index in [0.29, 0.717) is 12.1 Å². The van der Waals surface area contributed by atoms with E-state index in [1.54, 1.807) is 0 Å². The molecule has 0 aliphatic carbocycles. The van der Waals surface area contributed by atoms with Crippen molar-refractivity contribution in [3.8, 4) is 0 Å². The second kappa shape index (κ2) is 9.37. The molecule has 0 fully saturated rings. The van der Waals surface area contributed by atoms with Gasteiger partial charge in [0, 0.05) is 31.4 Å². The molecule has 0 bridgehead atoms. The fourth-order valence-corrected chi connectivity index (χ4v) is 2.40. The average Bonchev–Trinajstić information content (AvgIpc) is 2.87. The zero-order valence-corrected chi connectivity index (χ0v) is 14.3. The topological polar surface area (TPSA) is 46.0 Å². The lowest BCUT2D eigenvalue weighted by Gasteiger charge is -2.24. The minimum absolute atomic E-state index is 0.476. The predicted octanol–water partition coefficient (Wildman–Crippen LogP) is 1.85. The Bertz CT molecular complexity index is 366. The molecule has 1 aromatic heterocycles. The minimum Gasteiger partial charge on any atom is -0.309 e. The van der Waals surface area contributed by atoms with Gasteiger partial charge in [0.25, 0.3) is 0 Å². The first-order valence-electron chi connectivity index (χ1n) is 7.34. The van der Waals surface area contributed by atoms with Gasteiger partial charge in [-0.25, -0.2) is 0 Å². The Labute approximate surface area is 127 Å². The van der Waals surface area contributed by atoms with Crippen molar-refractivity contribution in [3.05, 3.63) is 11.9 Å². The summed E-state index contributed by atoms with van der Waals surface area (Å²) in [6.07, 6.45) is 5.43. The molecule has 20 heavy (non-hydrogen) atoms. The van der Waals surface area contributed by atoms with Gasteiger partial charge in [0.15, 0.2) is 0 Å². The highest BCUT2D eigenvalue weighted by atomic mass is 32.2. The SMILES string of the molecule is CSCCC(C)N(C)CCn1cc(CNC(C)C)nn1. The van der Waals surface area contributed by atoms with Crippen molar-refractivity contribution in [2.75, 3.05) is 25.6 Å². The van der Waals surface area contributed by atoms with Crippen LogP contribution < -0.4 is 5.32 Å². The first kappa shape index (κ1) is 17.5. The minimum atomic E-state index is 0.476. The normalized spacial score (nSPS) is 13.3. The zero-order chi connectivity index (χ0) is 15.0. The van der Waals surface area contributed by atoms with Crippen molar-refractivity contribution in [3.63, 3.8) is 0 Å². The number of likely N-dealkylation sites (N-methyl/N-ethyl adjacent to an activating group) is 1. The maximum absolute atomic E-state index is 4.19. The smallest absolute Gasteiger partial charge is 0.0964 e. The summed E-state index contributed by atoms with van der Waals surface area (Å²) >= 11 is 1.91. The number of nitrogens with zero attached hydrogens (tertiary/aromatic N) is 4. The van der Waals surface area contributed by atoms with E-state index >= 15 is 0 Å². The summed E-state index contributed by atoms with van der Waals surface area (Å²) in [5, 5.41) is 11.7. The van der Waals surface area contributed by atoms with E-state index < -0.39 is 0 Å². The summed E-state index contributed by atoms with van der Waals surface area (Å²) < 4.78 is 1.94. The van der Waals surface area contributed by atoms with Crippen LogP contribution in [0.5, 0.6) is 0 Å². The molecule has 1 unspecified atom stereocenters. The van der Waals surface area contributed by atoms with E-state index in [4.69, 9.17) is 0 Å². The van der Waals surface area contributed by atoms with Crippen LogP contribution in [0.25, 0.3) is 0 Å². The van der Waals surface area contributed by atoms with E-state index in [2.05, 4.69) is 54.6 Å². The van der Waals surface area contributed by atoms with Crippen LogP contribution in [0.2, 0.25) is 0 Å². The van der Waals surface area contributed by atoms with Gasteiger partial charge in [-0.2, -0.15) is 11.8 Å². The molecule has 1 aromatic rings. The Morgan fingerprint density at radius 3 is 2.80 bits per heavy atom. The molecule has 1 N–H and O–H groups in total. The van der Waals surface area contributed by atoms with Crippen LogP contribution in [-0.4, -0.2) is 57.6 Å². The number of hydrogen-bond acceptors (Lipinski definition) is 5. The molecule has 0 amide bonds. The molecular weight excluding hydrogens is 270 g/mol. The van der Waals surface area contributed by atoms with Gasteiger partial charge in [-0.15, -0.1) is 5.10 Å². The third-order valence-corrected chi connectivity index (χ3v) is 4.10. The molecule has 0 aliphatic rings. The summed E-state index contributed by atoms with van der Waals surface area (Å²) in [5.41, 5.74) is 1.01. The molecule has 6 heteroatoms. The van der Waals surface area contributed by atoms with Gasteiger partial charge in [0.1, 0.15) is 0 Å². The van der Waals surface area contributed by atoms with Gasteiger partial charge in [0.05, 0.1) is 12.2 Å². The average molecular weight is 299 g/mol. The van der Waals surface area contributed by atoms with Gasteiger partial charge >= 0.3 is 0 Å². The fourth-order valence-electron chi connectivity index (χ4n) is 1.83. The third-order valence-electron chi connectivity index (χ3n) is 3.45. The van der Waals surface area contributed by atoms with Crippen molar-refractivity contribution in [1.29, 1.82) is 0 Å². The maximum Gasteiger partial charge on any atom is 0.0964 e. The quantitative estimate of drug-likeness (QED) is 0.714. The second-order valence-electron chi connectivity index (χ2n) is 5.62. The van der Waals surface area contributed by atoms with Crippen molar-refractivity contribution in [2.45, 2.75) is 52.4 Å². The van der Waals surface area contributed by atoms with Crippen LogP contribution in [0.4, 0.5) is 0 Å². The highest BCUT2D eigenvalue weighted by Gasteiger charge is 2.09. The van der Waals surface area contributed by atoms with Crippen LogP contribution >= 0.6 is 11.8 Å². The van der Waals surface area contributed by atoms with Crippen molar-refractivity contribution in [1.82, 2.24) is 25.2 Å². The van der Waals surface area contributed by atoms with Crippen LogP contribution in [0.3, 0.4) is 0 Å². The Balaban J connectivity index is 2.30. The summed E-state index contributed by atoms with van der Waals surface area (Å²) in [7, 11) is 2.18. The van der Waals surface area contributed by atoms with Crippen molar-refractivity contribution >= 4 is 11.8 Å². The number of aromatic nitrogens is 3. The summed E-state index contributed by atoms with van der Waals surface area (Å²) in [4.78, 5) is 2.39. The zero-order valence-electron chi connectivity index (χ0n) is 13.5. The molecule has 116 valence electrons. The number of rotatable bonds is 10. The van der Waals surface area contributed by atoms with Gasteiger partial charge in [-0.05, 0) is 32.4 Å². The Hall–Kier alpha value is -0.590. The molecule has 1 atom stereocenters. The molecule has 0 spiro atoms. The summed E-state index contributed by atoms with van der Waals surface area (Å²) in [5.74, 6) is 1.22. The van der Waals surface area contributed by atoms with Gasteiger partial charge in [-0.3, -0.25) is 4.68 Å². The Morgan fingerprint density at radius 1 is 1.40 bits per heavy atom. The predicted molar refractivity (Wildman–Crippen MR) is 87.1 cm³/mol. The maximum atomic E-state index is 4.19. The molecule has 0 radical (unpaired) electrons. The monoisotopic (exact) mass is 299 g/mol. The van der Waals surface area contributed by atoms with E-state index in [9.17, 15) is 0 Å². The van der Waals surface area contributed by atoms with Crippen LogP contribution in [0.1, 0.15) is 32.9 Å². The molecule has 0 saturated carbocycles. The van der Waals surface area contributed by atoms with Crippen LogP contribution in [0.15, 0.2) is 6.20 Å². The van der Waals surface area contributed by atoms with E-state index in [1.807, 2.05) is 22.6 Å². The Morgan fingerprint density at radius 2 is 2.15 bits per heavy atom. The van der Waals surface area contributed by atoms with Gasteiger partial charge in [-0.1, -0.05) is 19.1 Å². The Kier molecular flexibility index (Phi) is 8.18. The molecule has 1 rings (SSSR count). The first-order chi connectivity index (χ1) is 9.52. The van der Waals surface area contributed by atoms with Crippen LogP contribution in [-0.2, 0) is 13.1 Å². The number of thioether (sulfide) groups is 1. The molecule has 0 aliphatic heterocycles. The molecule has 5 nitrogen and oxygen atoms in total. The first-order valence-corrected chi connectivity index (χ1v) is 8.74. The highest BCUT2D eigenvalue weighted by Crippen LogP contribution is 2.06. The number of hydrogen-bond donors (Lipinski definition) is 1. The lowest BCUT2D eigenvalue weighted by molar-refractivity contribution is 0.239. The summed E-state index contributed by atoms with van der Waals surface area (Å²) in [6.45, 7) is 9.25. The molecule has 0 aromatic carbocycles. The molecule has 1 heterocycles. The highest BCUT2D eigenvalue weighted by molar-refractivity contribution is 7.98. The van der Waals surface area contributed by atoms with E-state index in [0.717, 1.165) is 25.3 Å².